The van der Waals surface area contributed by atoms with Crippen LogP contribution in [0.3, 0.4) is 0 Å². The first kappa shape index (κ1) is 31.1. The van der Waals surface area contributed by atoms with E-state index < -0.39 is 10.1 Å². The van der Waals surface area contributed by atoms with Crippen molar-refractivity contribution < 1.29 is 18.1 Å². The minimum absolute atomic E-state index is 0.0773. The average Bonchev–Trinajstić information content (AvgIpc) is 2.79. The van der Waals surface area contributed by atoms with Gasteiger partial charge in [-0.1, -0.05) is 129 Å². The molecule has 0 saturated heterocycles. The number of aliphatic hydroxyl groups excluding tert-OH is 1. The number of hydrogen-bond acceptors (Lipinski definition) is 3. The SMILES string of the molecule is CC(C)CCCCCCCCCCCCCCCCCC(CCO)c1ccc(S(=O)(=O)O)cc1. The summed E-state index contributed by atoms with van der Waals surface area (Å²) < 4.78 is 31.5. The maximum Gasteiger partial charge on any atom is 0.294 e. The Hall–Kier alpha value is -0.910. The quantitative estimate of drug-likeness (QED) is 0.124. The molecule has 0 aromatic heterocycles. The van der Waals surface area contributed by atoms with E-state index in [0.29, 0.717) is 6.42 Å². The summed E-state index contributed by atoms with van der Waals surface area (Å²) in [4.78, 5) is -0.0773. The number of aliphatic hydroxyl groups is 1. The van der Waals surface area contributed by atoms with Gasteiger partial charge >= 0.3 is 0 Å². The summed E-state index contributed by atoms with van der Waals surface area (Å²) in [5.41, 5.74) is 1.03. The summed E-state index contributed by atoms with van der Waals surface area (Å²) in [6.45, 7) is 4.76. The van der Waals surface area contributed by atoms with Crippen LogP contribution < -0.4 is 0 Å². The average molecular weight is 497 g/mol. The molecule has 34 heavy (non-hydrogen) atoms. The van der Waals surface area contributed by atoms with Gasteiger partial charge < -0.3 is 5.11 Å². The summed E-state index contributed by atoms with van der Waals surface area (Å²) in [5.74, 6) is 1.10. The second kappa shape index (κ2) is 19.3. The van der Waals surface area contributed by atoms with E-state index in [2.05, 4.69) is 13.8 Å². The fourth-order valence-electron chi connectivity index (χ4n) is 4.79. The molecule has 1 rings (SSSR count). The van der Waals surface area contributed by atoms with Crippen molar-refractivity contribution in [3.63, 3.8) is 0 Å². The van der Waals surface area contributed by atoms with Crippen LogP contribution in [0.5, 0.6) is 0 Å². The van der Waals surface area contributed by atoms with E-state index in [-0.39, 0.29) is 17.4 Å². The molecule has 0 saturated carbocycles. The highest BCUT2D eigenvalue weighted by atomic mass is 32.2. The van der Waals surface area contributed by atoms with Crippen molar-refractivity contribution in [1.29, 1.82) is 0 Å². The van der Waals surface area contributed by atoms with Crippen molar-refractivity contribution in [3.8, 4) is 0 Å². The van der Waals surface area contributed by atoms with Crippen LogP contribution in [0, 0.1) is 5.92 Å². The fourth-order valence-corrected chi connectivity index (χ4v) is 5.27. The molecule has 198 valence electrons. The summed E-state index contributed by atoms with van der Waals surface area (Å²) in [6, 6.07) is 6.42. The maximum atomic E-state index is 11.2. The largest absolute Gasteiger partial charge is 0.396 e. The lowest BCUT2D eigenvalue weighted by atomic mass is 9.90. The minimum atomic E-state index is -4.15. The summed E-state index contributed by atoms with van der Waals surface area (Å²) >= 11 is 0. The Bertz CT molecular complexity index is 697. The van der Waals surface area contributed by atoms with E-state index in [1.165, 1.54) is 108 Å². The van der Waals surface area contributed by atoms with Crippen molar-refractivity contribution in [3.05, 3.63) is 29.8 Å². The zero-order valence-corrected chi connectivity index (χ0v) is 22.8. The molecule has 0 bridgehead atoms. The Morgan fingerprint density at radius 3 is 1.35 bits per heavy atom. The third-order valence-corrected chi connectivity index (χ3v) is 7.83. The molecule has 0 spiro atoms. The first-order valence-electron chi connectivity index (χ1n) is 14.0. The van der Waals surface area contributed by atoms with Gasteiger partial charge in [0.15, 0.2) is 0 Å². The monoisotopic (exact) mass is 496 g/mol. The molecule has 4 nitrogen and oxygen atoms in total. The standard InChI is InChI=1S/C29H52O4S/c1-26(2)18-16-14-12-10-8-6-4-3-5-7-9-11-13-15-17-19-27(24-25-30)28-20-22-29(23-21-28)34(31,32)33/h20-23,26-27,30H,3-19,24-25H2,1-2H3,(H,31,32,33). The Kier molecular flexibility index (Phi) is 17.7. The molecule has 0 aliphatic carbocycles. The highest BCUT2D eigenvalue weighted by Crippen LogP contribution is 2.27. The number of hydrogen-bond donors (Lipinski definition) is 2. The molecule has 0 radical (unpaired) electrons. The van der Waals surface area contributed by atoms with Crippen LogP contribution in [-0.2, 0) is 10.1 Å². The minimum Gasteiger partial charge on any atom is -0.396 e. The zero-order valence-electron chi connectivity index (χ0n) is 22.0. The van der Waals surface area contributed by atoms with Crippen LogP contribution >= 0.6 is 0 Å². The van der Waals surface area contributed by atoms with Gasteiger partial charge in [0.1, 0.15) is 0 Å². The lowest BCUT2D eigenvalue weighted by Crippen LogP contribution is -2.04. The van der Waals surface area contributed by atoms with Crippen LogP contribution in [0.4, 0.5) is 0 Å². The van der Waals surface area contributed by atoms with Gasteiger partial charge in [-0.05, 0) is 42.4 Å². The Morgan fingerprint density at radius 2 is 1.00 bits per heavy atom. The van der Waals surface area contributed by atoms with Gasteiger partial charge in [-0.25, -0.2) is 0 Å². The van der Waals surface area contributed by atoms with Crippen LogP contribution in [0.1, 0.15) is 141 Å². The second-order valence-corrected chi connectivity index (χ2v) is 11.9. The number of benzene rings is 1. The van der Waals surface area contributed by atoms with Crippen molar-refractivity contribution in [1.82, 2.24) is 0 Å². The Morgan fingerprint density at radius 1 is 0.618 bits per heavy atom. The normalized spacial score (nSPS) is 13.0. The molecule has 2 N–H and O–H groups in total. The second-order valence-electron chi connectivity index (χ2n) is 10.5. The van der Waals surface area contributed by atoms with Crippen molar-refractivity contribution >= 4 is 10.1 Å². The molecular formula is C29H52O4S. The first-order chi connectivity index (χ1) is 16.3. The van der Waals surface area contributed by atoms with E-state index in [4.69, 9.17) is 4.55 Å². The lowest BCUT2D eigenvalue weighted by Gasteiger charge is -2.16. The molecule has 1 atom stereocenters. The summed E-state index contributed by atoms with van der Waals surface area (Å²) in [5, 5.41) is 9.40. The van der Waals surface area contributed by atoms with Crippen molar-refractivity contribution in [2.24, 2.45) is 5.92 Å². The van der Waals surface area contributed by atoms with Gasteiger partial charge in [-0.2, -0.15) is 8.42 Å². The molecule has 5 heteroatoms. The molecule has 0 amide bonds. The maximum absolute atomic E-state index is 11.2. The van der Waals surface area contributed by atoms with Gasteiger partial charge in [0.25, 0.3) is 10.1 Å². The van der Waals surface area contributed by atoms with Gasteiger partial charge in [0.2, 0.25) is 0 Å². The Labute approximate surface area is 210 Å². The van der Waals surface area contributed by atoms with Gasteiger partial charge in [0, 0.05) is 6.61 Å². The smallest absolute Gasteiger partial charge is 0.294 e. The molecule has 0 aliphatic heterocycles. The highest BCUT2D eigenvalue weighted by molar-refractivity contribution is 7.85. The van der Waals surface area contributed by atoms with Crippen LogP contribution in [0.25, 0.3) is 0 Å². The Balaban J connectivity index is 1.99. The van der Waals surface area contributed by atoms with Gasteiger partial charge in [0.05, 0.1) is 4.90 Å². The molecule has 1 aromatic carbocycles. The third-order valence-electron chi connectivity index (χ3n) is 6.96. The first-order valence-corrected chi connectivity index (χ1v) is 15.5. The van der Waals surface area contributed by atoms with Crippen molar-refractivity contribution in [2.75, 3.05) is 6.61 Å². The topological polar surface area (TPSA) is 74.6 Å². The molecule has 1 aromatic rings. The predicted octanol–water partition coefficient (Wildman–Crippen LogP) is 8.69. The van der Waals surface area contributed by atoms with Crippen LogP contribution in [-0.4, -0.2) is 24.7 Å². The highest BCUT2D eigenvalue weighted by Gasteiger charge is 2.14. The lowest BCUT2D eigenvalue weighted by molar-refractivity contribution is 0.271. The van der Waals surface area contributed by atoms with E-state index >= 15 is 0 Å². The van der Waals surface area contributed by atoms with E-state index in [1.807, 2.05) is 0 Å². The van der Waals surface area contributed by atoms with E-state index in [1.54, 1.807) is 12.1 Å². The van der Waals surface area contributed by atoms with Gasteiger partial charge in [-0.3, -0.25) is 4.55 Å². The van der Waals surface area contributed by atoms with Crippen LogP contribution in [0.2, 0.25) is 0 Å². The zero-order chi connectivity index (χ0) is 25.1. The molecular weight excluding hydrogens is 444 g/mol. The molecule has 0 heterocycles. The molecule has 1 unspecified atom stereocenters. The van der Waals surface area contributed by atoms with Crippen LogP contribution in [0.15, 0.2) is 29.2 Å². The summed E-state index contributed by atoms with van der Waals surface area (Å²) in [6.07, 6.45) is 23.4. The predicted molar refractivity (Wildman–Crippen MR) is 144 cm³/mol. The number of rotatable bonds is 22. The number of unbranched alkanes of at least 4 members (excludes halogenated alkanes) is 14. The van der Waals surface area contributed by atoms with E-state index in [9.17, 15) is 13.5 Å². The summed E-state index contributed by atoms with van der Waals surface area (Å²) in [7, 11) is -4.15. The molecule has 0 fully saturated rings. The fraction of sp³-hybridized carbons (Fsp3) is 0.793. The van der Waals surface area contributed by atoms with Gasteiger partial charge in [-0.15, -0.1) is 0 Å². The molecule has 0 aliphatic rings. The van der Waals surface area contributed by atoms with E-state index in [0.717, 1.165) is 24.3 Å². The third kappa shape index (κ3) is 15.9. The van der Waals surface area contributed by atoms with Crippen molar-refractivity contribution in [2.45, 2.75) is 140 Å².